The lowest BCUT2D eigenvalue weighted by Crippen LogP contribution is -2.40. The summed E-state index contributed by atoms with van der Waals surface area (Å²) < 4.78 is 10.9. The first-order valence-electron chi connectivity index (χ1n) is 8.66. The second-order valence-corrected chi connectivity index (χ2v) is 8.29. The number of carbonyl (C=O) groups is 1. The molecule has 25 heavy (non-hydrogen) atoms. The smallest absolute Gasteiger partial charge is 0.411 e. The number of ether oxygens (including phenoxy) is 2. The van der Waals surface area contributed by atoms with Crippen LogP contribution in [0, 0.1) is 0 Å². The Labute approximate surface area is 157 Å². The molecule has 0 N–H and O–H groups in total. The van der Waals surface area contributed by atoms with Crippen LogP contribution in [0.15, 0.2) is 18.3 Å². The van der Waals surface area contributed by atoms with Crippen molar-refractivity contribution in [3.63, 3.8) is 0 Å². The number of alkyl halides is 1. The lowest BCUT2D eigenvalue weighted by molar-refractivity contribution is 0.0235. The summed E-state index contributed by atoms with van der Waals surface area (Å²) in [5, 5.41) is 0.865. The van der Waals surface area contributed by atoms with E-state index in [1.165, 1.54) is 11.1 Å². The van der Waals surface area contributed by atoms with Crippen molar-refractivity contribution in [2.24, 2.45) is 0 Å². The molecule has 2 atom stereocenters. The van der Waals surface area contributed by atoms with Crippen molar-refractivity contribution in [2.75, 3.05) is 12.4 Å². The Morgan fingerprint density at radius 1 is 1.40 bits per heavy atom. The lowest BCUT2D eigenvalue weighted by Gasteiger charge is -2.28. The number of nitrogens with zero attached hydrogens (tertiary/aromatic N) is 2. The van der Waals surface area contributed by atoms with Crippen molar-refractivity contribution in [1.82, 2.24) is 9.88 Å². The van der Waals surface area contributed by atoms with E-state index in [0.717, 1.165) is 30.2 Å². The van der Waals surface area contributed by atoms with E-state index in [2.05, 4.69) is 27.0 Å². The number of aryl methyl sites for hydroxylation is 1. The van der Waals surface area contributed by atoms with E-state index < -0.39 is 5.60 Å². The van der Waals surface area contributed by atoms with Crippen LogP contribution >= 0.6 is 15.9 Å². The Morgan fingerprint density at radius 3 is 2.80 bits per heavy atom. The monoisotopic (exact) mass is 408 g/mol. The summed E-state index contributed by atoms with van der Waals surface area (Å²) in [6.45, 7) is 5.70. The number of aromatic nitrogens is 1. The zero-order valence-electron chi connectivity index (χ0n) is 15.2. The third kappa shape index (κ3) is 3.68. The van der Waals surface area contributed by atoms with Gasteiger partial charge >= 0.3 is 6.09 Å². The Balaban J connectivity index is 1.88. The first-order valence-corrected chi connectivity index (χ1v) is 9.78. The van der Waals surface area contributed by atoms with E-state index >= 15 is 0 Å². The largest absolute Gasteiger partial charge is 0.481 e. The molecule has 136 valence electrons. The van der Waals surface area contributed by atoms with Crippen LogP contribution in [0.1, 0.15) is 44.7 Å². The summed E-state index contributed by atoms with van der Waals surface area (Å²) >= 11 is 3.52. The number of fused-ring (bicyclic) bond motifs is 2. The number of hydrogen-bond acceptors (Lipinski definition) is 4. The van der Waals surface area contributed by atoms with Gasteiger partial charge in [0.25, 0.3) is 0 Å². The third-order valence-corrected chi connectivity index (χ3v) is 5.01. The highest BCUT2D eigenvalue weighted by molar-refractivity contribution is 9.09. The van der Waals surface area contributed by atoms with Gasteiger partial charge in [-0.2, -0.15) is 0 Å². The Hall–Kier alpha value is -1.56. The molecular formula is C19H25BrN2O3. The van der Waals surface area contributed by atoms with Crippen LogP contribution in [0.3, 0.4) is 0 Å². The topological polar surface area (TPSA) is 51.7 Å². The van der Waals surface area contributed by atoms with Gasteiger partial charge in [-0.25, -0.2) is 9.78 Å². The molecule has 0 saturated carbocycles. The average Bonchev–Trinajstić information content (AvgIpc) is 3.11. The predicted molar refractivity (Wildman–Crippen MR) is 101 cm³/mol. The first kappa shape index (κ1) is 18.2. The molecule has 0 radical (unpaired) electrons. The van der Waals surface area contributed by atoms with Crippen molar-refractivity contribution in [1.29, 1.82) is 0 Å². The first-order chi connectivity index (χ1) is 11.8. The molecule has 1 aromatic heterocycles. The summed E-state index contributed by atoms with van der Waals surface area (Å²) in [5.41, 5.74) is 3.00. The molecule has 2 aliphatic heterocycles. The average molecular weight is 409 g/mol. The summed E-state index contributed by atoms with van der Waals surface area (Å²) in [5.74, 6) is 0.618. The van der Waals surface area contributed by atoms with Crippen molar-refractivity contribution >= 4 is 27.6 Å². The Morgan fingerprint density at radius 2 is 2.16 bits per heavy atom. The molecule has 0 spiro atoms. The number of methoxy groups -OCH3 is 1. The van der Waals surface area contributed by atoms with Crippen LogP contribution in [0.2, 0.25) is 0 Å². The zero-order chi connectivity index (χ0) is 18.2. The van der Waals surface area contributed by atoms with Gasteiger partial charge in [0.2, 0.25) is 5.88 Å². The van der Waals surface area contributed by atoms with Gasteiger partial charge < -0.3 is 9.47 Å². The minimum Gasteiger partial charge on any atom is -0.481 e. The molecular weight excluding hydrogens is 384 g/mol. The molecule has 1 fully saturated rings. The fourth-order valence-corrected chi connectivity index (χ4v) is 4.05. The summed E-state index contributed by atoms with van der Waals surface area (Å²) in [7, 11) is 1.63. The highest BCUT2D eigenvalue weighted by atomic mass is 79.9. The summed E-state index contributed by atoms with van der Waals surface area (Å²) in [6.07, 6.45) is 6.70. The van der Waals surface area contributed by atoms with E-state index in [-0.39, 0.29) is 18.2 Å². The Bertz CT molecular complexity index is 696. The minimum absolute atomic E-state index is 0.0733. The van der Waals surface area contributed by atoms with Crippen LogP contribution < -0.4 is 4.74 Å². The van der Waals surface area contributed by atoms with Crippen molar-refractivity contribution in [2.45, 2.75) is 57.7 Å². The minimum atomic E-state index is -0.484. The van der Waals surface area contributed by atoms with Gasteiger partial charge in [0.05, 0.1) is 19.2 Å². The predicted octanol–water partition coefficient (Wildman–Crippen LogP) is 4.19. The molecule has 1 amide bonds. The van der Waals surface area contributed by atoms with Crippen molar-refractivity contribution in [3.8, 4) is 5.88 Å². The molecule has 1 aromatic rings. The SMILES string of the molecule is COc1cc(CCBr)c(C2=CC3CCC2N3C(=O)OC(C)(C)C)cn1. The van der Waals surface area contributed by atoms with E-state index in [1.54, 1.807) is 7.11 Å². The molecule has 2 aliphatic rings. The second kappa shape index (κ2) is 6.98. The summed E-state index contributed by atoms with van der Waals surface area (Å²) in [6, 6.07) is 2.18. The molecule has 6 heteroatoms. The number of carbonyl (C=O) groups excluding carboxylic acids is 1. The number of halogens is 1. The molecule has 5 nitrogen and oxygen atoms in total. The normalized spacial score (nSPS) is 22.1. The van der Waals surface area contributed by atoms with E-state index in [1.807, 2.05) is 37.9 Å². The Kier molecular flexibility index (Phi) is 5.09. The third-order valence-electron chi connectivity index (χ3n) is 4.61. The van der Waals surface area contributed by atoms with Crippen LogP contribution in [-0.4, -0.2) is 46.1 Å². The molecule has 2 bridgehead atoms. The molecule has 3 rings (SSSR count). The van der Waals surface area contributed by atoms with Crippen LogP contribution in [0.25, 0.3) is 5.57 Å². The van der Waals surface area contributed by atoms with Gasteiger partial charge in [-0.05, 0) is 51.2 Å². The van der Waals surface area contributed by atoms with Gasteiger partial charge in [-0.3, -0.25) is 4.90 Å². The van der Waals surface area contributed by atoms with Crippen molar-refractivity contribution < 1.29 is 14.3 Å². The van der Waals surface area contributed by atoms with Gasteiger partial charge in [-0.15, -0.1) is 0 Å². The molecule has 3 heterocycles. The second-order valence-electron chi connectivity index (χ2n) is 7.49. The number of pyridine rings is 1. The maximum absolute atomic E-state index is 12.6. The van der Waals surface area contributed by atoms with Crippen LogP contribution in [0.4, 0.5) is 4.79 Å². The van der Waals surface area contributed by atoms with Gasteiger partial charge in [-0.1, -0.05) is 22.0 Å². The lowest BCUT2D eigenvalue weighted by atomic mass is 9.91. The standard InChI is InChI=1S/C19H25BrN2O3/c1-19(2,3)25-18(23)22-13-5-6-16(22)14(10-13)15-11-21-17(24-4)9-12(15)7-8-20/h9-11,13,16H,5-8H2,1-4H3. The zero-order valence-corrected chi connectivity index (χ0v) is 16.8. The van der Waals surface area contributed by atoms with Crippen LogP contribution in [-0.2, 0) is 11.2 Å². The number of amides is 1. The quantitative estimate of drug-likeness (QED) is 0.700. The number of hydrogen-bond donors (Lipinski definition) is 0. The van der Waals surface area contributed by atoms with Crippen molar-refractivity contribution in [3.05, 3.63) is 29.5 Å². The van der Waals surface area contributed by atoms with Gasteiger partial charge in [0.1, 0.15) is 5.60 Å². The molecule has 2 unspecified atom stereocenters. The van der Waals surface area contributed by atoms with Gasteiger partial charge in [0.15, 0.2) is 0 Å². The van der Waals surface area contributed by atoms with E-state index in [0.29, 0.717) is 5.88 Å². The highest BCUT2D eigenvalue weighted by Crippen LogP contribution is 2.43. The molecule has 1 saturated heterocycles. The molecule has 0 aliphatic carbocycles. The fraction of sp³-hybridized carbons (Fsp3) is 0.579. The van der Waals surface area contributed by atoms with E-state index in [9.17, 15) is 4.79 Å². The fourth-order valence-electron chi connectivity index (χ4n) is 3.63. The molecule has 0 aromatic carbocycles. The maximum atomic E-state index is 12.6. The summed E-state index contributed by atoms with van der Waals surface area (Å²) in [4.78, 5) is 18.9. The van der Waals surface area contributed by atoms with Gasteiger partial charge in [0, 0.05) is 23.2 Å². The number of rotatable bonds is 4. The van der Waals surface area contributed by atoms with Crippen LogP contribution in [0.5, 0.6) is 5.88 Å². The highest BCUT2D eigenvalue weighted by Gasteiger charge is 2.45. The van der Waals surface area contributed by atoms with E-state index in [4.69, 9.17) is 9.47 Å². The maximum Gasteiger partial charge on any atom is 0.411 e.